The molecule has 0 aliphatic carbocycles. The zero-order chi connectivity index (χ0) is 13.2. The number of aryl methyl sites for hydroxylation is 1. The number of likely N-dealkylation sites (tertiary alicyclic amines) is 1. The fraction of sp³-hybridized carbons (Fsp3) is 0.429. The molecule has 0 aromatic carbocycles. The largest absolute Gasteiger partial charge is 0.472 e. The van der Waals surface area contributed by atoms with Crippen molar-refractivity contribution in [1.29, 1.82) is 0 Å². The van der Waals surface area contributed by atoms with E-state index in [1.807, 2.05) is 17.2 Å². The number of rotatable bonds is 2. The second-order valence-corrected chi connectivity index (χ2v) is 5.74. The molecule has 1 fully saturated rings. The Bertz CT molecular complexity index is 562. The van der Waals surface area contributed by atoms with E-state index in [0.717, 1.165) is 36.5 Å². The normalized spacial score (nSPS) is 19.6. The number of hydrogen-bond donors (Lipinski definition) is 0. The van der Waals surface area contributed by atoms with Gasteiger partial charge < -0.3 is 9.32 Å². The van der Waals surface area contributed by atoms with E-state index in [-0.39, 0.29) is 11.9 Å². The van der Waals surface area contributed by atoms with Crippen LogP contribution in [0, 0.1) is 6.92 Å². The molecule has 2 aromatic heterocycles. The van der Waals surface area contributed by atoms with Crippen molar-refractivity contribution < 1.29 is 9.21 Å². The second kappa shape index (κ2) is 5.17. The maximum Gasteiger partial charge on any atom is 0.257 e. The van der Waals surface area contributed by atoms with E-state index in [0.29, 0.717) is 5.56 Å². The molecule has 1 amide bonds. The molecule has 3 rings (SSSR count). The zero-order valence-electron chi connectivity index (χ0n) is 10.8. The van der Waals surface area contributed by atoms with Crippen molar-refractivity contribution in [1.82, 2.24) is 9.88 Å². The Hall–Kier alpha value is -1.62. The highest BCUT2D eigenvalue weighted by Crippen LogP contribution is 2.33. The van der Waals surface area contributed by atoms with Gasteiger partial charge in [-0.2, -0.15) is 0 Å². The van der Waals surface area contributed by atoms with Gasteiger partial charge >= 0.3 is 0 Å². The maximum atomic E-state index is 12.5. The molecule has 0 spiro atoms. The minimum Gasteiger partial charge on any atom is -0.472 e. The first-order valence-corrected chi connectivity index (χ1v) is 7.39. The number of hydrogen-bond acceptors (Lipinski definition) is 4. The minimum atomic E-state index is 0.0475. The molecule has 19 heavy (non-hydrogen) atoms. The van der Waals surface area contributed by atoms with Crippen molar-refractivity contribution in [2.24, 2.45) is 0 Å². The summed E-state index contributed by atoms with van der Waals surface area (Å²) in [5.74, 6) is 0.0475. The lowest BCUT2D eigenvalue weighted by Gasteiger charge is -2.34. The summed E-state index contributed by atoms with van der Waals surface area (Å²) in [6.45, 7) is 2.79. The number of piperidine rings is 1. The van der Waals surface area contributed by atoms with Crippen LogP contribution in [0.15, 0.2) is 28.4 Å². The van der Waals surface area contributed by atoms with Gasteiger partial charge in [0.25, 0.3) is 5.91 Å². The van der Waals surface area contributed by atoms with Crippen molar-refractivity contribution in [3.63, 3.8) is 0 Å². The molecule has 2 aromatic rings. The number of furan rings is 1. The van der Waals surface area contributed by atoms with Crippen molar-refractivity contribution in [3.8, 4) is 0 Å². The Kier molecular flexibility index (Phi) is 3.38. The van der Waals surface area contributed by atoms with E-state index in [1.165, 1.54) is 6.26 Å². The summed E-state index contributed by atoms with van der Waals surface area (Å²) in [7, 11) is 0. The third-order valence-electron chi connectivity index (χ3n) is 3.45. The monoisotopic (exact) mass is 276 g/mol. The van der Waals surface area contributed by atoms with E-state index in [4.69, 9.17) is 4.42 Å². The van der Waals surface area contributed by atoms with E-state index in [1.54, 1.807) is 23.7 Å². The van der Waals surface area contributed by atoms with Gasteiger partial charge in [0.1, 0.15) is 11.3 Å². The highest BCUT2D eigenvalue weighted by molar-refractivity contribution is 7.09. The molecule has 1 saturated heterocycles. The van der Waals surface area contributed by atoms with Crippen LogP contribution in [-0.4, -0.2) is 22.3 Å². The van der Waals surface area contributed by atoms with Crippen LogP contribution in [0.25, 0.3) is 0 Å². The Morgan fingerprint density at radius 1 is 1.53 bits per heavy atom. The molecule has 5 heteroatoms. The summed E-state index contributed by atoms with van der Waals surface area (Å²) >= 11 is 1.65. The van der Waals surface area contributed by atoms with Gasteiger partial charge in [0.2, 0.25) is 0 Å². The van der Waals surface area contributed by atoms with Crippen LogP contribution in [0.4, 0.5) is 0 Å². The number of carbonyl (C=O) groups excluding carboxylic acids is 1. The quantitative estimate of drug-likeness (QED) is 0.844. The molecule has 0 saturated carbocycles. The number of aromatic nitrogens is 1. The van der Waals surface area contributed by atoms with Crippen molar-refractivity contribution in [2.45, 2.75) is 32.2 Å². The van der Waals surface area contributed by atoms with E-state index >= 15 is 0 Å². The Labute approximate surface area is 116 Å². The summed E-state index contributed by atoms with van der Waals surface area (Å²) in [4.78, 5) is 19.0. The lowest BCUT2D eigenvalue weighted by molar-refractivity contribution is 0.0610. The first-order chi connectivity index (χ1) is 9.25. The molecule has 3 heterocycles. The molecule has 1 atom stereocenters. The summed E-state index contributed by atoms with van der Waals surface area (Å²) < 4.78 is 5.01. The fourth-order valence-corrected chi connectivity index (χ4v) is 3.45. The van der Waals surface area contributed by atoms with Gasteiger partial charge in [-0.05, 0) is 32.3 Å². The maximum absolute atomic E-state index is 12.5. The number of nitrogens with zero attached hydrogens (tertiary/aromatic N) is 2. The van der Waals surface area contributed by atoms with Gasteiger partial charge in [0.05, 0.1) is 17.9 Å². The van der Waals surface area contributed by atoms with Crippen LogP contribution in [0.5, 0.6) is 0 Å². The van der Waals surface area contributed by atoms with E-state index in [2.05, 4.69) is 4.98 Å². The van der Waals surface area contributed by atoms with Crippen LogP contribution < -0.4 is 0 Å². The standard InChI is InChI=1S/C14H16N2O2S/c1-10-9-19-13(15-10)12-4-2-3-6-16(12)14(17)11-5-7-18-8-11/h5,7-9,12H,2-4,6H2,1H3/t12-/m0/s1. The highest BCUT2D eigenvalue weighted by atomic mass is 32.1. The summed E-state index contributed by atoms with van der Waals surface area (Å²) in [6, 6.07) is 1.84. The van der Waals surface area contributed by atoms with Gasteiger partial charge in [0.15, 0.2) is 0 Å². The van der Waals surface area contributed by atoms with Crippen LogP contribution in [0.1, 0.15) is 46.4 Å². The Morgan fingerprint density at radius 2 is 2.42 bits per heavy atom. The number of amides is 1. The molecule has 4 nitrogen and oxygen atoms in total. The van der Waals surface area contributed by atoms with Gasteiger partial charge in [-0.1, -0.05) is 0 Å². The van der Waals surface area contributed by atoms with Crippen LogP contribution in [0.2, 0.25) is 0 Å². The van der Waals surface area contributed by atoms with E-state index in [9.17, 15) is 4.79 Å². The number of carbonyl (C=O) groups is 1. The highest BCUT2D eigenvalue weighted by Gasteiger charge is 2.30. The van der Waals surface area contributed by atoms with Crippen molar-refractivity contribution >= 4 is 17.2 Å². The predicted molar refractivity (Wildman–Crippen MR) is 73.2 cm³/mol. The average molecular weight is 276 g/mol. The minimum absolute atomic E-state index is 0.0475. The van der Waals surface area contributed by atoms with Gasteiger partial charge in [-0.25, -0.2) is 4.98 Å². The predicted octanol–water partition coefficient (Wildman–Crippen LogP) is 3.41. The molecular weight excluding hydrogens is 260 g/mol. The molecule has 0 unspecified atom stereocenters. The topological polar surface area (TPSA) is 46.3 Å². The summed E-state index contributed by atoms with van der Waals surface area (Å²) in [5.41, 5.74) is 1.65. The smallest absolute Gasteiger partial charge is 0.257 e. The first kappa shape index (κ1) is 12.4. The van der Waals surface area contributed by atoms with Crippen molar-refractivity contribution in [2.75, 3.05) is 6.54 Å². The lowest BCUT2D eigenvalue weighted by atomic mass is 10.0. The van der Waals surface area contributed by atoms with Crippen LogP contribution in [-0.2, 0) is 0 Å². The van der Waals surface area contributed by atoms with Gasteiger partial charge in [-0.3, -0.25) is 4.79 Å². The third-order valence-corrected chi connectivity index (χ3v) is 4.52. The Morgan fingerprint density at radius 3 is 3.11 bits per heavy atom. The fourth-order valence-electron chi connectivity index (χ4n) is 2.51. The average Bonchev–Trinajstić information content (AvgIpc) is 3.09. The Balaban J connectivity index is 1.87. The molecular formula is C14H16N2O2S. The van der Waals surface area contributed by atoms with Crippen molar-refractivity contribution in [3.05, 3.63) is 40.2 Å². The zero-order valence-corrected chi connectivity index (χ0v) is 11.7. The van der Waals surface area contributed by atoms with E-state index < -0.39 is 0 Å². The molecule has 0 N–H and O–H groups in total. The summed E-state index contributed by atoms with van der Waals surface area (Å²) in [6.07, 6.45) is 6.26. The van der Waals surface area contributed by atoms with Crippen LogP contribution in [0.3, 0.4) is 0 Å². The number of thiazole rings is 1. The third kappa shape index (κ3) is 2.42. The SMILES string of the molecule is Cc1csc([C@@H]2CCCCN2C(=O)c2ccoc2)n1. The summed E-state index contributed by atoms with van der Waals surface area (Å²) in [5, 5.41) is 3.10. The van der Waals surface area contributed by atoms with Gasteiger partial charge in [-0.15, -0.1) is 11.3 Å². The van der Waals surface area contributed by atoms with Gasteiger partial charge in [0, 0.05) is 17.6 Å². The lowest BCUT2D eigenvalue weighted by Crippen LogP contribution is -2.38. The molecule has 100 valence electrons. The molecule has 0 bridgehead atoms. The molecule has 0 radical (unpaired) electrons. The molecule has 1 aliphatic rings. The first-order valence-electron chi connectivity index (χ1n) is 6.51. The van der Waals surface area contributed by atoms with Crippen LogP contribution >= 0.6 is 11.3 Å². The second-order valence-electron chi connectivity index (χ2n) is 4.85. The molecule has 1 aliphatic heterocycles.